The number of allylic oxidation sites excluding steroid dienone is 1. The average molecular weight is 624 g/mol. The minimum Gasteiger partial charge on any atom is -0.494 e. The van der Waals surface area contributed by atoms with Crippen molar-refractivity contribution in [3.63, 3.8) is 0 Å². The minimum atomic E-state index is -0.726. The Kier molecular flexibility index (Phi) is 9.16. The lowest BCUT2D eigenvalue weighted by atomic mass is 9.96. The van der Waals surface area contributed by atoms with Crippen LogP contribution in [0.3, 0.4) is 0 Å². The molecule has 0 saturated heterocycles. The molecule has 0 unspecified atom stereocenters. The number of halogens is 2. The first-order valence-corrected chi connectivity index (χ1v) is 15.0. The fraction of sp³-hybridized carbons (Fsp3) is 0.219. The van der Waals surface area contributed by atoms with Crippen LogP contribution in [0.25, 0.3) is 6.08 Å². The van der Waals surface area contributed by atoms with Crippen molar-refractivity contribution in [2.24, 2.45) is 4.99 Å². The molecule has 0 aliphatic carbocycles. The molecule has 5 rings (SSSR count). The molecule has 1 aromatic heterocycles. The third-order valence-corrected chi connectivity index (χ3v) is 8.02. The summed E-state index contributed by atoms with van der Waals surface area (Å²) in [6.07, 6.45) is 1.74. The van der Waals surface area contributed by atoms with Crippen molar-refractivity contribution in [2.75, 3.05) is 13.2 Å². The molecule has 0 fully saturated rings. The van der Waals surface area contributed by atoms with E-state index in [1.54, 1.807) is 48.8 Å². The van der Waals surface area contributed by atoms with E-state index < -0.39 is 12.0 Å². The number of aromatic nitrogens is 1. The highest BCUT2D eigenvalue weighted by Gasteiger charge is 2.33. The van der Waals surface area contributed by atoms with Crippen LogP contribution in [-0.4, -0.2) is 23.8 Å². The lowest BCUT2D eigenvalue weighted by molar-refractivity contribution is -0.139. The molecule has 1 aliphatic rings. The van der Waals surface area contributed by atoms with Crippen LogP contribution in [0, 0.1) is 0 Å². The first-order valence-electron chi connectivity index (χ1n) is 13.4. The first-order chi connectivity index (χ1) is 20.3. The van der Waals surface area contributed by atoms with Crippen molar-refractivity contribution in [3.05, 3.63) is 124 Å². The Hall–Kier alpha value is -3.85. The van der Waals surface area contributed by atoms with Gasteiger partial charge < -0.3 is 14.2 Å². The van der Waals surface area contributed by atoms with E-state index in [0.29, 0.717) is 54.3 Å². The average Bonchev–Trinajstić information content (AvgIpc) is 3.26. The molecule has 0 saturated carbocycles. The lowest BCUT2D eigenvalue weighted by Crippen LogP contribution is -2.39. The van der Waals surface area contributed by atoms with Gasteiger partial charge in [-0.2, -0.15) is 0 Å². The summed E-state index contributed by atoms with van der Waals surface area (Å²) in [6, 6.07) is 19.3. The summed E-state index contributed by atoms with van der Waals surface area (Å²) in [4.78, 5) is 32.3. The number of hydrogen-bond donors (Lipinski definition) is 0. The number of carbonyl (C=O) groups is 1. The topological polar surface area (TPSA) is 79.1 Å². The van der Waals surface area contributed by atoms with E-state index >= 15 is 0 Å². The molecule has 42 heavy (non-hydrogen) atoms. The standard InChI is InChI=1S/C32H28Cl2N2O5S/c1-4-39-25-12-9-21(10-13-25)29-28(31(38)40-5-2)19(3)35-32-36(29)30(37)27(42-32)17-22-16-24(34)11-14-26(22)41-18-20-7-6-8-23(33)15-20/h6-17,29H,4-5,18H2,1-3H3/b27-17-/t29-/m1/s1. The third-order valence-electron chi connectivity index (χ3n) is 6.57. The van der Waals surface area contributed by atoms with Gasteiger partial charge in [0.2, 0.25) is 0 Å². The molecule has 0 radical (unpaired) electrons. The molecule has 0 N–H and O–H groups in total. The zero-order valence-corrected chi connectivity index (χ0v) is 25.6. The van der Waals surface area contributed by atoms with Crippen molar-refractivity contribution in [2.45, 2.75) is 33.4 Å². The molecule has 3 aromatic carbocycles. The van der Waals surface area contributed by atoms with Gasteiger partial charge in [0.15, 0.2) is 4.80 Å². The summed E-state index contributed by atoms with van der Waals surface area (Å²) < 4.78 is 19.0. The zero-order valence-electron chi connectivity index (χ0n) is 23.2. The summed E-state index contributed by atoms with van der Waals surface area (Å²) in [7, 11) is 0. The Bertz CT molecular complexity index is 1840. The van der Waals surface area contributed by atoms with Crippen molar-refractivity contribution in [1.82, 2.24) is 4.57 Å². The number of thiazole rings is 1. The number of carbonyl (C=O) groups excluding carboxylic acids is 1. The minimum absolute atomic E-state index is 0.197. The molecule has 2 heterocycles. The van der Waals surface area contributed by atoms with Gasteiger partial charge in [-0.15, -0.1) is 0 Å². The van der Waals surface area contributed by atoms with Crippen LogP contribution in [0.2, 0.25) is 10.0 Å². The number of nitrogens with zero attached hydrogens (tertiary/aromatic N) is 2. The quantitative estimate of drug-likeness (QED) is 0.211. The highest BCUT2D eigenvalue weighted by Crippen LogP contribution is 2.32. The van der Waals surface area contributed by atoms with E-state index in [2.05, 4.69) is 4.99 Å². The second-order valence-corrected chi connectivity index (χ2v) is 11.3. The number of esters is 1. The van der Waals surface area contributed by atoms with Gasteiger partial charge in [0.05, 0.1) is 35.1 Å². The van der Waals surface area contributed by atoms with E-state index in [-0.39, 0.29) is 18.8 Å². The summed E-state index contributed by atoms with van der Waals surface area (Å²) in [5, 5.41) is 1.12. The lowest BCUT2D eigenvalue weighted by Gasteiger charge is -2.24. The van der Waals surface area contributed by atoms with E-state index in [1.165, 1.54) is 11.3 Å². The maximum absolute atomic E-state index is 14.0. The fourth-order valence-corrected chi connectivity index (χ4v) is 6.14. The monoisotopic (exact) mass is 622 g/mol. The highest BCUT2D eigenvalue weighted by atomic mass is 35.5. The van der Waals surface area contributed by atoms with Gasteiger partial charge in [-0.25, -0.2) is 9.79 Å². The number of benzene rings is 3. The van der Waals surface area contributed by atoms with Crippen LogP contribution < -0.4 is 24.4 Å². The van der Waals surface area contributed by atoms with Gasteiger partial charge in [0.25, 0.3) is 5.56 Å². The number of ether oxygens (including phenoxy) is 3. The molecular weight excluding hydrogens is 595 g/mol. The van der Waals surface area contributed by atoms with Crippen molar-refractivity contribution in [3.8, 4) is 11.5 Å². The van der Waals surface area contributed by atoms with Gasteiger partial charge in [-0.1, -0.05) is 58.8 Å². The first kappa shape index (κ1) is 29.6. The molecule has 0 bridgehead atoms. The van der Waals surface area contributed by atoms with Crippen LogP contribution in [-0.2, 0) is 16.1 Å². The summed E-state index contributed by atoms with van der Waals surface area (Å²) in [5.74, 6) is 0.730. The zero-order chi connectivity index (χ0) is 29.8. The molecule has 216 valence electrons. The SMILES string of the molecule is CCOC(=O)C1=C(C)N=c2s/c(=C\c3cc(Cl)ccc3OCc3cccc(Cl)c3)c(=O)n2[C@@H]1c1ccc(OCC)cc1. The maximum Gasteiger partial charge on any atom is 0.338 e. The fourth-order valence-electron chi connectivity index (χ4n) is 4.71. The van der Waals surface area contributed by atoms with Crippen LogP contribution in [0.5, 0.6) is 11.5 Å². The largest absolute Gasteiger partial charge is 0.494 e. The molecule has 10 heteroatoms. The van der Waals surface area contributed by atoms with Crippen molar-refractivity contribution < 1.29 is 19.0 Å². The summed E-state index contributed by atoms with van der Waals surface area (Å²) >= 11 is 13.7. The molecule has 1 aliphatic heterocycles. The molecule has 7 nitrogen and oxygen atoms in total. The second-order valence-electron chi connectivity index (χ2n) is 9.41. The van der Waals surface area contributed by atoms with Crippen molar-refractivity contribution in [1.29, 1.82) is 0 Å². The van der Waals surface area contributed by atoms with Crippen LogP contribution >= 0.6 is 34.5 Å². The molecule has 0 amide bonds. The summed E-state index contributed by atoms with van der Waals surface area (Å²) in [5.41, 5.74) is 2.78. The van der Waals surface area contributed by atoms with E-state index in [1.807, 2.05) is 49.4 Å². The Morgan fingerprint density at radius 2 is 1.76 bits per heavy atom. The van der Waals surface area contributed by atoms with Gasteiger partial charge >= 0.3 is 5.97 Å². The number of hydrogen-bond acceptors (Lipinski definition) is 7. The Morgan fingerprint density at radius 3 is 2.48 bits per heavy atom. The second kappa shape index (κ2) is 13.0. The number of fused-ring (bicyclic) bond motifs is 1. The highest BCUT2D eigenvalue weighted by molar-refractivity contribution is 7.07. The van der Waals surface area contributed by atoms with Gasteiger partial charge in [-0.05, 0) is 80.4 Å². The van der Waals surface area contributed by atoms with Gasteiger partial charge in [-0.3, -0.25) is 9.36 Å². The smallest absolute Gasteiger partial charge is 0.338 e. The normalized spacial score (nSPS) is 14.8. The van der Waals surface area contributed by atoms with Crippen molar-refractivity contribution >= 4 is 46.6 Å². The van der Waals surface area contributed by atoms with Crippen LogP contribution in [0.4, 0.5) is 0 Å². The molecule has 4 aromatic rings. The molecule has 1 atom stereocenters. The van der Waals surface area contributed by atoms with E-state index in [0.717, 1.165) is 11.1 Å². The maximum atomic E-state index is 14.0. The molecule has 0 spiro atoms. The van der Waals surface area contributed by atoms with E-state index in [4.69, 9.17) is 37.4 Å². The number of rotatable bonds is 9. The van der Waals surface area contributed by atoms with Gasteiger partial charge in [0.1, 0.15) is 18.1 Å². The van der Waals surface area contributed by atoms with Gasteiger partial charge in [0, 0.05) is 15.6 Å². The Morgan fingerprint density at radius 1 is 1.00 bits per heavy atom. The summed E-state index contributed by atoms with van der Waals surface area (Å²) in [6.45, 7) is 6.41. The third kappa shape index (κ3) is 6.31. The van der Waals surface area contributed by atoms with E-state index in [9.17, 15) is 9.59 Å². The predicted octanol–water partition coefficient (Wildman–Crippen LogP) is 6.08. The molecular formula is C32H28Cl2N2O5S. The predicted molar refractivity (Wildman–Crippen MR) is 165 cm³/mol. The Labute approximate surface area is 256 Å². The van der Waals surface area contributed by atoms with Crippen LogP contribution in [0.1, 0.15) is 43.5 Å². The van der Waals surface area contributed by atoms with Crippen LogP contribution in [0.15, 0.2) is 87.8 Å². The Balaban J connectivity index is 1.61.